The molecule has 2 N–H and O–H groups in total. The molecular weight excluding hydrogens is 338 g/mol. The first-order valence-electron chi connectivity index (χ1n) is 7.52. The summed E-state index contributed by atoms with van der Waals surface area (Å²) in [6.07, 6.45) is 6.82. The Labute approximate surface area is 146 Å². The number of imidazole rings is 1. The Hall–Kier alpha value is -3.95. The van der Waals surface area contributed by atoms with Crippen molar-refractivity contribution in [1.29, 1.82) is 0 Å². The van der Waals surface area contributed by atoms with E-state index in [1.165, 1.54) is 19.6 Å². The van der Waals surface area contributed by atoms with Crippen LogP contribution >= 0.6 is 0 Å². The van der Waals surface area contributed by atoms with Gasteiger partial charge in [0.1, 0.15) is 30.0 Å². The van der Waals surface area contributed by atoms with Crippen LogP contribution in [0.25, 0.3) is 16.7 Å². The Balaban J connectivity index is 1.73. The highest BCUT2D eigenvalue weighted by Crippen LogP contribution is 2.32. The third-order valence-electron chi connectivity index (χ3n) is 3.75. The van der Waals surface area contributed by atoms with Crippen molar-refractivity contribution in [3.05, 3.63) is 49.4 Å². The zero-order valence-corrected chi connectivity index (χ0v) is 13.6. The number of methoxy groups -OCH3 is 1. The highest BCUT2D eigenvalue weighted by Gasteiger charge is 2.14. The van der Waals surface area contributed by atoms with Crippen LogP contribution in [0, 0.1) is 0 Å². The smallest absolute Gasteiger partial charge is 0.432 e. The Bertz CT molecular complexity index is 1090. The minimum absolute atomic E-state index is 0.432. The molecule has 0 saturated heterocycles. The van der Waals surface area contributed by atoms with Gasteiger partial charge in [0.25, 0.3) is 0 Å². The molecule has 0 radical (unpaired) electrons. The third-order valence-corrected chi connectivity index (χ3v) is 3.75. The second-order valence-corrected chi connectivity index (χ2v) is 5.31. The number of carbonyl (C=O) groups is 1. The summed E-state index contributed by atoms with van der Waals surface area (Å²) in [4.78, 5) is 23.6. The maximum absolute atomic E-state index is 11.2. The van der Waals surface area contributed by atoms with E-state index in [-0.39, 0.29) is 0 Å². The third kappa shape index (κ3) is 2.69. The molecule has 0 unspecified atom stereocenters. The number of nitrogens with one attached hydrogen (secondary N) is 1. The summed E-state index contributed by atoms with van der Waals surface area (Å²) in [5.74, 6) is 1.66. The molecule has 10 heteroatoms. The van der Waals surface area contributed by atoms with Gasteiger partial charge in [0.15, 0.2) is 0 Å². The predicted octanol–water partition coefficient (Wildman–Crippen LogP) is 2.29. The van der Waals surface area contributed by atoms with Crippen LogP contribution in [0.15, 0.2) is 49.4 Å². The largest absolute Gasteiger partial charge is 0.494 e. The van der Waals surface area contributed by atoms with E-state index in [1.807, 2.05) is 0 Å². The number of anilines is 2. The first kappa shape index (κ1) is 15.6. The molecule has 0 spiro atoms. The van der Waals surface area contributed by atoms with E-state index in [0.29, 0.717) is 34.0 Å². The van der Waals surface area contributed by atoms with Crippen LogP contribution in [-0.4, -0.2) is 47.6 Å². The van der Waals surface area contributed by atoms with Crippen molar-refractivity contribution in [1.82, 2.24) is 29.3 Å². The fourth-order valence-electron chi connectivity index (χ4n) is 2.56. The molecule has 0 bridgehead atoms. The summed E-state index contributed by atoms with van der Waals surface area (Å²) in [7, 11) is 1.50. The fourth-order valence-corrected chi connectivity index (χ4v) is 2.56. The number of fused-ring (bicyclic) bond motifs is 1. The van der Waals surface area contributed by atoms with E-state index in [2.05, 4.69) is 25.4 Å². The van der Waals surface area contributed by atoms with E-state index in [0.717, 1.165) is 4.68 Å². The minimum atomic E-state index is -1.16. The molecule has 4 rings (SSSR count). The second kappa shape index (κ2) is 6.16. The van der Waals surface area contributed by atoms with Crippen LogP contribution in [0.5, 0.6) is 5.75 Å². The maximum atomic E-state index is 11.2. The van der Waals surface area contributed by atoms with Gasteiger partial charge in [-0.25, -0.2) is 19.7 Å². The number of carboxylic acid groups (broad SMARTS) is 1. The molecule has 10 nitrogen and oxygen atoms in total. The zero-order chi connectivity index (χ0) is 18.1. The van der Waals surface area contributed by atoms with Gasteiger partial charge >= 0.3 is 6.09 Å². The van der Waals surface area contributed by atoms with Gasteiger partial charge in [-0.2, -0.15) is 9.78 Å². The molecule has 26 heavy (non-hydrogen) atoms. The summed E-state index contributed by atoms with van der Waals surface area (Å²) in [6, 6.07) is 5.11. The number of ether oxygens (including phenoxy) is 1. The fraction of sp³-hybridized carbons (Fsp3) is 0.0625. The normalized spacial score (nSPS) is 10.8. The van der Waals surface area contributed by atoms with Crippen molar-refractivity contribution >= 4 is 28.5 Å². The first-order chi connectivity index (χ1) is 12.7. The summed E-state index contributed by atoms with van der Waals surface area (Å²) in [5, 5.41) is 16.9. The summed E-state index contributed by atoms with van der Waals surface area (Å²) in [5.41, 5.74) is 1.06. The molecule has 0 atom stereocenters. The lowest BCUT2D eigenvalue weighted by atomic mass is 10.2. The molecule has 3 heterocycles. The van der Waals surface area contributed by atoms with E-state index in [4.69, 9.17) is 4.74 Å². The molecule has 0 aliphatic rings. The van der Waals surface area contributed by atoms with Crippen LogP contribution in [0.3, 0.4) is 0 Å². The van der Waals surface area contributed by atoms with Gasteiger partial charge in [-0.3, -0.25) is 4.57 Å². The molecule has 0 saturated carbocycles. The van der Waals surface area contributed by atoms with Crippen LogP contribution in [0.1, 0.15) is 0 Å². The zero-order valence-electron chi connectivity index (χ0n) is 13.6. The van der Waals surface area contributed by atoms with Crippen LogP contribution in [-0.2, 0) is 0 Å². The summed E-state index contributed by atoms with van der Waals surface area (Å²) < 4.78 is 8.02. The Kier molecular flexibility index (Phi) is 3.69. The maximum Gasteiger partial charge on any atom is 0.432 e. The molecule has 0 fully saturated rings. The number of hydrogen-bond donors (Lipinski definition) is 2. The SMILES string of the molecule is COc1cc2c(cnn2C(=O)O)cc1Nc1cc(-n2ccnc2)ncn1. The van der Waals surface area contributed by atoms with Crippen molar-refractivity contribution in [2.75, 3.05) is 12.4 Å². The van der Waals surface area contributed by atoms with Crippen LogP contribution < -0.4 is 10.1 Å². The lowest BCUT2D eigenvalue weighted by molar-refractivity contribution is 0.194. The van der Waals surface area contributed by atoms with E-state index in [1.54, 1.807) is 41.5 Å². The minimum Gasteiger partial charge on any atom is -0.494 e. The number of aromatic nitrogens is 6. The average Bonchev–Trinajstić information content (AvgIpc) is 3.31. The highest BCUT2D eigenvalue weighted by molar-refractivity contribution is 5.91. The standard InChI is InChI=1S/C16H13N7O3/c1-26-13-5-12-10(7-20-23(12)16(24)25)4-11(13)21-14-6-15(19-8-18-14)22-3-2-17-9-22/h2-9H,1H3,(H,24,25)(H,18,19,21). The topological polar surface area (TPSA) is 120 Å². The molecule has 130 valence electrons. The van der Waals surface area contributed by atoms with Gasteiger partial charge in [0, 0.05) is 29.9 Å². The molecule has 0 amide bonds. The van der Waals surface area contributed by atoms with E-state index < -0.39 is 6.09 Å². The monoisotopic (exact) mass is 351 g/mol. The second-order valence-electron chi connectivity index (χ2n) is 5.31. The number of rotatable bonds is 4. The van der Waals surface area contributed by atoms with E-state index >= 15 is 0 Å². The van der Waals surface area contributed by atoms with Crippen molar-refractivity contribution in [2.45, 2.75) is 0 Å². The predicted molar refractivity (Wildman–Crippen MR) is 92.1 cm³/mol. The molecule has 4 aromatic rings. The van der Waals surface area contributed by atoms with Crippen molar-refractivity contribution in [3.63, 3.8) is 0 Å². The Morgan fingerprint density at radius 3 is 2.88 bits per heavy atom. The Morgan fingerprint density at radius 1 is 1.27 bits per heavy atom. The average molecular weight is 351 g/mol. The van der Waals surface area contributed by atoms with Gasteiger partial charge in [-0.05, 0) is 6.07 Å². The number of nitrogens with zero attached hydrogens (tertiary/aromatic N) is 6. The Morgan fingerprint density at radius 2 is 2.15 bits per heavy atom. The van der Waals surface area contributed by atoms with Gasteiger partial charge in [-0.1, -0.05) is 0 Å². The van der Waals surface area contributed by atoms with Gasteiger partial charge in [-0.15, -0.1) is 0 Å². The lowest BCUT2D eigenvalue weighted by Crippen LogP contribution is -2.09. The highest BCUT2D eigenvalue weighted by atomic mass is 16.5. The van der Waals surface area contributed by atoms with E-state index in [9.17, 15) is 9.90 Å². The quantitative estimate of drug-likeness (QED) is 0.574. The van der Waals surface area contributed by atoms with Gasteiger partial charge in [0.2, 0.25) is 0 Å². The van der Waals surface area contributed by atoms with Crippen molar-refractivity contribution in [2.24, 2.45) is 0 Å². The molecular formula is C16H13N7O3. The van der Waals surface area contributed by atoms with Crippen molar-refractivity contribution in [3.8, 4) is 11.6 Å². The molecule has 0 aliphatic carbocycles. The van der Waals surface area contributed by atoms with Crippen LogP contribution in [0.2, 0.25) is 0 Å². The number of hydrogen-bond acceptors (Lipinski definition) is 7. The summed E-state index contributed by atoms with van der Waals surface area (Å²) in [6.45, 7) is 0. The van der Waals surface area contributed by atoms with Crippen LogP contribution in [0.4, 0.5) is 16.3 Å². The molecule has 1 aromatic carbocycles. The molecule has 3 aromatic heterocycles. The lowest BCUT2D eigenvalue weighted by Gasteiger charge is -2.12. The first-order valence-corrected chi connectivity index (χ1v) is 7.52. The molecule has 0 aliphatic heterocycles. The van der Waals surface area contributed by atoms with Gasteiger partial charge < -0.3 is 15.2 Å². The summed E-state index contributed by atoms with van der Waals surface area (Å²) >= 11 is 0. The van der Waals surface area contributed by atoms with Gasteiger partial charge in [0.05, 0.1) is 24.5 Å². The number of benzene rings is 1. The van der Waals surface area contributed by atoms with Crippen molar-refractivity contribution < 1.29 is 14.6 Å².